The summed E-state index contributed by atoms with van der Waals surface area (Å²) in [5.41, 5.74) is 0.955. The van der Waals surface area contributed by atoms with Gasteiger partial charge in [0.1, 0.15) is 0 Å². The lowest BCUT2D eigenvalue weighted by Gasteiger charge is -1.90. The Bertz CT molecular complexity index is 201. The molecule has 9 heavy (non-hydrogen) atoms. The molecule has 0 aliphatic carbocycles. The van der Waals surface area contributed by atoms with Crippen LogP contribution >= 0.6 is 15.9 Å². The van der Waals surface area contributed by atoms with Crippen LogP contribution in [0.25, 0.3) is 0 Å². The van der Waals surface area contributed by atoms with Crippen LogP contribution in [-0.4, -0.2) is 15.2 Å². The minimum atomic E-state index is 0.557. The van der Waals surface area contributed by atoms with Gasteiger partial charge in [0.05, 0.1) is 11.9 Å². The molecule has 0 unspecified atom stereocenters. The monoisotopic (exact) mass is 187 g/mol. The minimum absolute atomic E-state index is 0.557. The normalized spacial score (nSPS) is 9.56. The first-order valence-electron chi connectivity index (χ1n) is 2.67. The van der Waals surface area contributed by atoms with Crippen LogP contribution < -0.4 is 0 Å². The van der Waals surface area contributed by atoms with Gasteiger partial charge in [-0.1, -0.05) is 6.92 Å². The molecule has 0 aliphatic rings. The zero-order valence-corrected chi connectivity index (χ0v) is 6.59. The minimum Gasteiger partial charge on any atom is -0.224 e. The highest BCUT2D eigenvalue weighted by Gasteiger charge is 1.91. The first-order valence-corrected chi connectivity index (χ1v) is 3.46. The van der Waals surface area contributed by atoms with Gasteiger partial charge >= 0.3 is 0 Å². The van der Waals surface area contributed by atoms with E-state index >= 15 is 0 Å². The summed E-state index contributed by atoms with van der Waals surface area (Å²) >= 11 is 3.12. The molecule has 1 aromatic rings. The molecular weight excluding hydrogens is 182 g/mol. The zero-order valence-electron chi connectivity index (χ0n) is 5.00. The molecule has 0 amide bonds. The van der Waals surface area contributed by atoms with Gasteiger partial charge in [0.25, 0.3) is 0 Å². The van der Waals surface area contributed by atoms with Crippen molar-refractivity contribution in [2.75, 3.05) is 0 Å². The summed E-state index contributed by atoms with van der Waals surface area (Å²) in [4.78, 5) is 4.03. The van der Waals surface area contributed by atoms with Gasteiger partial charge in [0, 0.05) is 0 Å². The predicted molar refractivity (Wildman–Crippen MR) is 36.9 cm³/mol. The van der Waals surface area contributed by atoms with Crippen molar-refractivity contribution < 1.29 is 0 Å². The van der Waals surface area contributed by atoms with Gasteiger partial charge < -0.3 is 0 Å². The van der Waals surface area contributed by atoms with Crippen LogP contribution in [0.4, 0.5) is 0 Å². The van der Waals surface area contributed by atoms with E-state index in [0.717, 1.165) is 12.1 Å². The fourth-order valence-electron chi connectivity index (χ4n) is 0.483. The van der Waals surface area contributed by atoms with Crippen LogP contribution in [0.3, 0.4) is 0 Å². The lowest BCUT2D eigenvalue weighted by Crippen LogP contribution is -1.92. The number of aromatic nitrogens is 3. The standard InChI is InChI=1S/C5H6BrN3/c1-2-4-3-7-9-5(6)8-4/h3H,2H2,1H3. The van der Waals surface area contributed by atoms with E-state index in [9.17, 15) is 0 Å². The Morgan fingerprint density at radius 2 is 2.44 bits per heavy atom. The van der Waals surface area contributed by atoms with Gasteiger partial charge in [-0.25, -0.2) is 4.98 Å². The maximum absolute atomic E-state index is 4.03. The fourth-order valence-corrected chi connectivity index (χ4v) is 0.803. The Kier molecular flexibility index (Phi) is 2.10. The molecule has 0 spiro atoms. The van der Waals surface area contributed by atoms with Crippen molar-refractivity contribution in [3.63, 3.8) is 0 Å². The summed E-state index contributed by atoms with van der Waals surface area (Å²) in [6.07, 6.45) is 2.55. The predicted octanol–water partition coefficient (Wildman–Crippen LogP) is 1.20. The van der Waals surface area contributed by atoms with Crippen molar-refractivity contribution in [2.45, 2.75) is 13.3 Å². The van der Waals surface area contributed by atoms with Crippen LogP contribution in [0.1, 0.15) is 12.6 Å². The third-order valence-corrected chi connectivity index (χ3v) is 1.28. The smallest absolute Gasteiger partial charge is 0.218 e. The van der Waals surface area contributed by atoms with E-state index in [1.807, 2.05) is 6.92 Å². The second-order valence-electron chi connectivity index (χ2n) is 1.57. The van der Waals surface area contributed by atoms with Crippen molar-refractivity contribution in [1.82, 2.24) is 15.2 Å². The quantitative estimate of drug-likeness (QED) is 0.664. The molecule has 0 fully saturated rings. The highest BCUT2D eigenvalue weighted by atomic mass is 79.9. The molecule has 0 saturated heterocycles. The molecule has 0 aliphatic heterocycles. The third kappa shape index (κ3) is 1.71. The largest absolute Gasteiger partial charge is 0.224 e. The first-order chi connectivity index (χ1) is 4.33. The number of nitrogens with zero attached hydrogens (tertiary/aromatic N) is 3. The SMILES string of the molecule is CCc1cnnc(Br)n1. The summed E-state index contributed by atoms with van der Waals surface area (Å²) < 4.78 is 0.557. The maximum atomic E-state index is 4.03. The molecule has 0 aromatic carbocycles. The van der Waals surface area contributed by atoms with Crippen molar-refractivity contribution in [3.05, 3.63) is 16.6 Å². The summed E-state index contributed by atoms with van der Waals surface area (Å²) in [6.45, 7) is 2.02. The molecule has 0 atom stereocenters. The number of halogens is 1. The van der Waals surface area contributed by atoms with Crippen LogP contribution in [0.15, 0.2) is 10.9 Å². The molecular formula is C5H6BrN3. The van der Waals surface area contributed by atoms with E-state index in [-0.39, 0.29) is 0 Å². The second kappa shape index (κ2) is 2.87. The molecule has 48 valence electrons. The molecule has 3 nitrogen and oxygen atoms in total. The molecule has 1 aromatic heterocycles. The highest BCUT2D eigenvalue weighted by Crippen LogP contribution is 1.99. The number of rotatable bonds is 1. The Morgan fingerprint density at radius 1 is 1.67 bits per heavy atom. The summed E-state index contributed by atoms with van der Waals surface area (Å²) in [7, 11) is 0. The van der Waals surface area contributed by atoms with Gasteiger partial charge in [-0.2, -0.15) is 5.10 Å². The average Bonchev–Trinajstić information content (AvgIpc) is 1.88. The first kappa shape index (κ1) is 6.61. The van der Waals surface area contributed by atoms with E-state index < -0.39 is 0 Å². The molecule has 1 heterocycles. The van der Waals surface area contributed by atoms with Gasteiger partial charge in [0.2, 0.25) is 4.73 Å². The Morgan fingerprint density at radius 3 is 2.89 bits per heavy atom. The zero-order chi connectivity index (χ0) is 6.69. The van der Waals surface area contributed by atoms with Crippen LogP contribution in [0.5, 0.6) is 0 Å². The summed E-state index contributed by atoms with van der Waals surface area (Å²) in [5.74, 6) is 0. The van der Waals surface area contributed by atoms with Crippen molar-refractivity contribution >= 4 is 15.9 Å². The Labute approximate surface area is 61.7 Å². The Balaban J connectivity index is 2.94. The topological polar surface area (TPSA) is 38.7 Å². The summed E-state index contributed by atoms with van der Waals surface area (Å²) in [5, 5.41) is 7.34. The fraction of sp³-hybridized carbons (Fsp3) is 0.400. The molecule has 0 radical (unpaired) electrons. The van der Waals surface area contributed by atoms with E-state index in [1.54, 1.807) is 6.20 Å². The molecule has 1 rings (SSSR count). The van der Waals surface area contributed by atoms with E-state index in [0.29, 0.717) is 4.73 Å². The van der Waals surface area contributed by atoms with Crippen LogP contribution in [-0.2, 0) is 6.42 Å². The van der Waals surface area contributed by atoms with E-state index in [1.165, 1.54) is 0 Å². The lowest BCUT2D eigenvalue weighted by molar-refractivity contribution is 0.872. The van der Waals surface area contributed by atoms with Gasteiger partial charge in [-0.15, -0.1) is 5.10 Å². The van der Waals surface area contributed by atoms with E-state index in [4.69, 9.17) is 0 Å². The van der Waals surface area contributed by atoms with Crippen molar-refractivity contribution in [2.24, 2.45) is 0 Å². The maximum Gasteiger partial charge on any atom is 0.218 e. The number of hydrogen-bond acceptors (Lipinski definition) is 3. The van der Waals surface area contributed by atoms with Crippen molar-refractivity contribution in [1.29, 1.82) is 0 Å². The van der Waals surface area contributed by atoms with Gasteiger partial charge in [-0.3, -0.25) is 0 Å². The molecule has 0 saturated carbocycles. The summed E-state index contributed by atoms with van der Waals surface area (Å²) in [6, 6.07) is 0. The number of aryl methyl sites for hydroxylation is 1. The third-order valence-electron chi connectivity index (χ3n) is 0.945. The van der Waals surface area contributed by atoms with Crippen LogP contribution in [0, 0.1) is 0 Å². The second-order valence-corrected chi connectivity index (χ2v) is 2.28. The van der Waals surface area contributed by atoms with Crippen LogP contribution in [0.2, 0.25) is 0 Å². The molecule has 0 N–H and O–H groups in total. The van der Waals surface area contributed by atoms with E-state index in [2.05, 4.69) is 31.1 Å². The lowest BCUT2D eigenvalue weighted by atomic mass is 10.4. The van der Waals surface area contributed by atoms with Gasteiger partial charge in [0.15, 0.2) is 0 Å². The van der Waals surface area contributed by atoms with Crippen molar-refractivity contribution in [3.8, 4) is 0 Å². The Hall–Kier alpha value is -0.510. The highest BCUT2D eigenvalue weighted by molar-refractivity contribution is 9.10. The molecule has 0 bridgehead atoms. The van der Waals surface area contributed by atoms with Gasteiger partial charge in [-0.05, 0) is 22.4 Å². The molecule has 4 heteroatoms. The number of hydrogen-bond donors (Lipinski definition) is 0. The average molecular weight is 188 g/mol.